The van der Waals surface area contributed by atoms with E-state index in [4.69, 9.17) is 19.7 Å². The lowest BCUT2D eigenvalue weighted by Crippen LogP contribution is -2.19. The second kappa shape index (κ2) is 15.7. The first kappa shape index (κ1) is 30.8. The lowest BCUT2D eigenvalue weighted by atomic mass is 9.78. The molecular weight excluding hydrogens is 468 g/mol. The fourth-order valence-electron chi connectivity index (χ4n) is 2.84. The first-order valence-electron chi connectivity index (χ1n) is 11.5. The van der Waals surface area contributed by atoms with Crippen LogP contribution in [-0.2, 0) is 19.7 Å². The maximum atomic E-state index is 9.92. The Balaban J connectivity index is 0.000000486. The molecule has 0 saturated carbocycles. The molecule has 36 heavy (non-hydrogen) atoms. The second-order valence-corrected chi connectivity index (χ2v) is 8.51. The van der Waals surface area contributed by atoms with E-state index in [2.05, 4.69) is 42.8 Å². The van der Waals surface area contributed by atoms with Gasteiger partial charge >= 0.3 is 11.9 Å². The summed E-state index contributed by atoms with van der Waals surface area (Å²) in [5.41, 5.74) is 2.19. The van der Waals surface area contributed by atoms with Crippen LogP contribution in [0.4, 0.5) is 0 Å². The van der Waals surface area contributed by atoms with Crippen molar-refractivity contribution in [2.24, 2.45) is 0 Å². The van der Waals surface area contributed by atoms with Crippen LogP contribution in [0.3, 0.4) is 0 Å². The monoisotopic (exact) mass is 504 g/mol. The lowest BCUT2D eigenvalue weighted by Gasteiger charge is -2.26. The number of carbonyl (C=O) groups excluding carboxylic acids is 2. The molecule has 4 N–H and O–H groups in total. The van der Waals surface area contributed by atoms with Crippen LogP contribution in [-0.4, -0.2) is 71.0 Å². The second-order valence-electron chi connectivity index (χ2n) is 8.51. The molecule has 0 radical (unpaired) electrons. The van der Waals surface area contributed by atoms with Crippen molar-refractivity contribution < 1.29 is 44.2 Å². The van der Waals surface area contributed by atoms with Crippen molar-refractivity contribution in [1.29, 1.82) is 0 Å². The Labute approximate surface area is 211 Å². The number of hydrogen-bond donors (Lipinski definition) is 4. The third-order valence-electron chi connectivity index (χ3n) is 4.79. The Morgan fingerprint density at radius 2 is 1.06 bits per heavy atom. The van der Waals surface area contributed by atoms with Crippen LogP contribution < -0.4 is 9.47 Å². The van der Waals surface area contributed by atoms with Gasteiger partial charge in [0.25, 0.3) is 0 Å². The van der Waals surface area contributed by atoms with Gasteiger partial charge in [-0.25, -0.2) is 9.59 Å². The van der Waals surface area contributed by atoms with E-state index in [0.29, 0.717) is 0 Å². The fourth-order valence-corrected chi connectivity index (χ4v) is 2.84. The number of esters is 2. The lowest BCUT2D eigenvalue weighted by molar-refractivity contribution is -0.150. The minimum Gasteiger partial charge on any atom is -0.491 e. The molecule has 2 unspecified atom stereocenters. The molecule has 2 aromatic carbocycles. The van der Waals surface area contributed by atoms with E-state index in [-0.39, 0.29) is 31.8 Å². The minimum absolute atomic E-state index is 0.125. The maximum absolute atomic E-state index is 9.92. The average molecular weight is 505 g/mol. The Kier molecular flexibility index (Phi) is 13.4. The molecule has 2 atom stereocenters. The molecule has 0 spiro atoms. The Morgan fingerprint density at radius 1 is 0.722 bits per heavy atom. The summed E-state index contributed by atoms with van der Waals surface area (Å²) < 4.78 is 15.0. The van der Waals surface area contributed by atoms with Gasteiger partial charge in [0, 0.05) is 17.6 Å². The molecule has 0 aromatic heterocycles. The highest BCUT2D eigenvalue weighted by Crippen LogP contribution is 2.33. The Morgan fingerprint density at radius 3 is 1.28 bits per heavy atom. The molecule has 3 rings (SSSR count). The molecule has 0 aliphatic carbocycles. The van der Waals surface area contributed by atoms with Crippen molar-refractivity contribution in [3.63, 3.8) is 0 Å². The van der Waals surface area contributed by atoms with Crippen LogP contribution in [0, 0.1) is 0 Å². The van der Waals surface area contributed by atoms with E-state index >= 15 is 0 Å². The SMILES string of the molecule is CC(O)COc1ccc(C(C)(C)c2ccc(OCC(C)O)cc2)cc1.O=C1C=CC(=O)O1.OCCO. The van der Waals surface area contributed by atoms with Crippen molar-refractivity contribution in [1.82, 2.24) is 0 Å². The molecular formula is C27H36O9. The zero-order chi connectivity index (χ0) is 27.1. The van der Waals surface area contributed by atoms with E-state index in [1.807, 2.05) is 24.3 Å². The smallest absolute Gasteiger partial charge is 0.338 e. The Hall–Kier alpha value is -3.24. The Bertz CT molecular complexity index is 871. The van der Waals surface area contributed by atoms with E-state index in [1.54, 1.807) is 13.8 Å². The molecule has 9 nitrogen and oxygen atoms in total. The number of cyclic esters (lactones) is 2. The fraction of sp³-hybridized carbons (Fsp3) is 0.407. The van der Waals surface area contributed by atoms with Gasteiger partial charge in [-0.05, 0) is 49.2 Å². The van der Waals surface area contributed by atoms with Crippen LogP contribution >= 0.6 is 0 Å². The number of aliphatic hydroxyl groups is 4. The van der Waals surface area contributed by atoms with Gasteiger partial charge in [0.1, 0.15) is 24.7 Å². The van der Waals surface area contributed by atoms with Crippen LogP contribution in [0.2, 0.25) is 0 Å². The molecule has 1 aliphatic heterocycles. The summed E-state index contributed by atoms with van der Waals surface area (Å²) in [6.07, 6.45) is 1.21. The quantitative estimate of drug-likeness (QED) is 0.298. The summed E-state index contributed by atoms with van der Waals surface area (Å²) in [6, 6.07) is 15.9. The van der Waals surface area contributed by atoms with Gasteiger partial charge < -0.3 is 34.6 Å². The van der Waals surface area contributed by atoms with Gasteiger partial charge in [0.2, 0.25) is 0 Å². The molecule has 1 heterocycles. The molecule has 0 saturated heterocycles. The van der Waals surface area contributed by atoms with E-state index < -0.39 is 24.1 Å². The van der Waals surface area contributed by atoms with Gasteiger partial charge in [-0.15, -0.1) is 0 Å². The van der Waals surface area contributed by atoms with Crippen molar-refractivity contribution in [2.75, 3.05) is 26.4 Å². The summed E-state index contributed by atoms with van der Waals surface area (Å²) in [5.74, 6) is 0.347. The molecule has 0 amide bonds. The van der Waals surface area contributed by atoms with E-state index in [1.165, 1.54) is 11.1 Å². The highest BCUT2D eigenvalue weighted by molar-refractivity contribution is 6.04. The van der Waals surface area contributed by atoms with Gasteiger partial charge in [-0.3, -0.25) is 0 Å². The summed E-state index contributed by atoms with van der Waals surface area (Å²) in [6.45, 7) is 8.07. The summed E-state index contributed by atoms with van der Waals surface area (Å²) in [5, 5.41) is 33.8. The molecule has 9 heteroatoms. The zero-order valence-electron chi connectivity index (χ0n) is 21.1. The number of aliphatic hydroxyl groups excluding tert-OH is 4. The summed E-state index contributed by atoms with van der Waals surface area (Å²) in [4.78, 5) is 19.8. The molecule has 0 bridgehead atoms. The highest BCUT2D eigenvalue weighted by Gasteiger charge is 2.23. The molecule has 0 fully saturated rings. The average Bonchev–Trinajstić information content (AvgIpc) is 3.24. The predicted molar refractivity (Wildman–Crippen MR) is 134 cm³/mol. The third-order valence-corrected chi connectivity index (χ3v) is 4.79. The maximum Gasteiger partial charge on any atom is 0.338 e. The van der Waals surface area contributed by atoms with Gasteiger partial charge in [0.15, 0.2) is 0 Å². The van der Waals surface area contributed by atoms with Crippen molar-refractivity contribution >= 4 is 11.9 Å². The predicted octanol–water partition coefficient (Wildman–Crippen LogP) is 2.13. The zero-order valence-corrected chi connectivity index (χ0v) is 21.1. The first-order valence-corrected chi connectivity index (χ1v) is 11.5. The largest absolute Gasteiger partial charge is 0.491 e. The number of benzene rings is 2. The topological polar surface area (TPSA) is 143 Å². The number of carbonyl (C=O) groups is 2. The number of ether oxygens (including phenoxy) is 3. The number of hydrogen-bond acceptors (Lipinski definition) is 9. The van der Waals surface area contributed by atoms with Crippen LogP contribution in [0.1, 0.15) is 38.8 Å². The van der Waals surface area contributed by atoms with Crippen LogP contribution in [0.5, 0.6) is 11.5 Å². The number of rotatable bonds is 9. The molecule has 2 aromatic rings. The molecule has 198 valence electrons. The molecule has 1 aliphatic rings. The van der Waals surface area contributed by atoms with Crippen molar-refractivity contribution in [3.05, 3.63) is 71.8 Å². The summed E-state index contributed by atoms with van der Waals surface area (Å²) in [7, 11) is 0. The third kappa shape index (κ3) is 11.5. The standard InChI is InChI=1S/C21H28O4.C4H2O3.C2H6O2/c1-15(22)13-24-19-9-5-17(6-10-19)21(3,4)18-7-11-20(12-8-18)25-14-16(2)23;5-3-1-2-4(6)7-3;3-1-2-4/h5-12,15-16,22-23H,13-14H2,1-4H3;1-2H;3-4H,1-2H2. The van der Waals surface area contributed by atoms with Crippen LogP contribution in [0.25, 0.3) is 0 Å². The van der Waals surface area contributed by atoms with E-state index in [0.717, 1.165) is 23.7 Å². The summed E-state index contributed by atoms with van der Waals surface area (Å²) >= 11 is 0. The minimum atomic E-state index is -0.579. The van der Waals surface area contributed by atoms with Crippen molar-refractivity contribution in [2.45, 2.75) is 45.3 Å². The first-order chi connectivity index (χ1) is 17.0. The van der Waals surface area contributed by atoms with Crippen LogP contribution in [0.15, 0.2) is 60.7 Å². The normalized spacial score (nSPS) is 14.0. The van der Waals surface area contributed by atoms with Gasteiger partial charge in [-0.1, -0.05) is 38.1 Å². The highest BCUT2D eigenvalue weighted by atomic mass is 16.6. The van der Waals surface area contributed by atoms with Gasteiger partial charge in [-0.2, -0.15) is 0 Å². The van der Waals surface area contributed by atoms with Crippen molar-refractivity contribution in [3.8, 4) is 11.5 Å². The van der Waals surface area contributed by atoms with Gasteiger partial charge in [0.05, 0.1) is 25.4 Å². The van der Waals surface area contributed by atoms with E-state index in [9.17, 15) is 19.8 Å².